The van der Waals surface area contributed by atoms with Crippen molar-refractivity contribution in [3.8, 4) is 0 Å². The summed E-state index contributed by atoms with van der Waals surface area (Å²) in [6, 6.07) is 18.6. The number of nitrogens with zero attached hydrogens (tertiary/aromatic N) is 1. The molecule has 120 valence electrons. The van der Waals surface area contributed by atoms with Crippen LogP contribution in [0.1, 0.15) is 48.0 Å². The van der Waals surface area contributed by atoms with Gasteiger partial charge in [0.15, 0.2) is 0 Å². The number of amides is 1. The predicted molar refractivity (Wildman–Crippen MR) is 102 cm³/mol. The first kappa shape index (κ1) is 16.5. The quantitative estimate of drug-likeness (QED) is 0.621. The van der Waals surface area contributed by atoms with Gasteiger partial charge in [0.2, 0.25) is 0 Å². The summed E-state index contributed by atoms with van der Waals surface area (Å²) in [4.78, 5) is 15.2. The van der Waals surface area contributed by atoms with Crippen molar-refractivity contribution in [1.82, 2.24) is 4.90 Å². The predicted octanol–water partition coefficient (Wildman–Crippen LogP) is 5.27. The van der Waals surface area contributed by atoms with E-state index in [0.29, 0.717) is 12.6 Å². The lowest BCUT2D eigenvalue weighted by Gasteiger charge is -2.34. The van der Waals surface area contributed by atoms with Gasteiger partial charge in [0, 0.05) is 21.7 Å². The van der Waals surface area contributed by atoms with Crippen LogP contribution in [0.25, 0.3) is 0 Å². The molecular formula is C20H22INO. The monoisotopic (exact) mass is 417 g/mol. The summed E-state index contributed by atoms with van der Waals surface area (Å²) in [5, 5.41) is 0. The van der Waals surface area contributed by atoms with Crippen LogP contribution in [0.3, 0.4) is 0 Å². The first-order valence-electron chi connectivity index (χ1n) is 8.34. The molecule has 0 atom stereocenters. The van der Waals surface area contributed by atoms with Crippen molar-refractivity contribution >= 4 is 28.5 Å². The minimum atomic E-state index is 0.164. The Morgan fingerprint density at radius 1 is 0.957 bits per heavy atom. The van der Waals surface area contributed by atoms with Crippen LogP contribution in [0.2, 0.25) is 0 Å². The molecule has 1 fully saturated rings. The molecule has 0 aromatic heterocycles. The van der Waals surface area contributed by atoms with E-state index in [-0.39, 0.29) is 5.91 Å². The number of rotatable bonds is 4. The summed E-state index contributed by atoms with van der Waals surface area (Å²) < 4.78 is 1.16. The number of benzene rings is 2. The fourth-order valence-electron chi connectivity index (χ4n) is 3.30. The second-order valence-corrected chi connectivity index (χ2v) is 7.46. The third-order valence-corrected chi connectivity index (χ3v) is 5.28. The van der Waals surface area contributed by atoms with Gasteiger partial charge >= 0.3 is 0 Å². The Kier molecular flexibility index (Phi) is 5.70. The molecule has 0 saturated heterocycles. The number of hydrogen-bond acceptors (Lipinski definition) is 1. The Bertz CT molecular complexity index is 632. The minimum absolute atomic E-state index is 0.164. The zero-order chi connectivity index (χ0) is 16.1. The van der Waals surface area contributed by atoms with E-state index in [2.05, 4.69) is 39.6 Å². The molecule has 3 heteroatoms. The highest BCUT2D eigenvalue weighted by Gasteiger charge is 2.26. The molecule has 1 amide bonds. The van der Waals surface area contributed by atoms with Crippen LogP contribution in [0.5, 0.6) is 0 Å². The van der Waals surface area contributed by atoms with Crippen molar-refractivity contribution in [2.75, 3.05) is 0 Å². The highest BCUT2D eigenvalue weighted by atomic mass is 125. The van der Waals surface area contributed by atoms with E-state index in [4.69, 9.17) is 0 Å². The van der Waals surface area contributed by atoms with Crippen molar-refractivity contribution in [2.24, 2.45) is 0 Å². The van der Waals surface area contributed by atoms with E-state index in [1.165, 1.54) is 24.8 Å². The minimum Gasteiger partial charge on any atom is -0.331 e. The van der Waals surface area contributed by atoms with E-state index in [9.17, 15) is 4.79 Å². The SMILES string of the molecule is O=C(c1ccc([125I])cc1)N(Cc1ccccc1)C1CCCCC1. The Labute approximate surface area is 152 Å². The number of halogens is 1. The van der Waals surface area contributed by atoms with Gasteiger partial charge in [-0.25, -0.2) is 0 Å². The molecule has 3 rings (SSSR count). The third-order valence-electron chi connectivity index (χ3n) is 4.56. The van der Waals surface area contributed by atoms with Crippen LogP contribution < -0.4 is 0 Å². The molecule has 0 bridgehead atoms. The van der Waals surface area contributed by atoms with Crippen LogP contribution in [-0.2, 0) is 6.54 Å². The maximum absolute atomic E-state index is 13.1. The van der Waals surface area contributed by atoms with Gasteiger partial charge in [-0.05, 0) is 65.3 Å². The summed E-state index contributed by atoms with van der Waals surface area (Å²) in [7, 11) is 0. The van der Waals surface area contributed by atoms with Gasteiger partial charge < -0.3 is 4.90 Å². The van der Waals surface area contributed by atoms with E-state index >= 15 is 0 Å². The van der Waals surface area contributed by atoms with Crippen molar-refractivity contribution in [3.05, 3.63) is 69.3 Å². The second kappa shape index (κ2) is 7.95. The molecule has 0 radical (unpaired) electrons. The maximum Gasteiger partial charge on any atom is 0.254 e. The lowest BCUT2D eigenvalue weighted by atomic mass is 9.93. The highest BCUT2D eigenvalue weighted by molar-refractivity contribution is 14.1. The maximum atomic E-state index is 13.1. The Morgan fingerprint density at radius 2 is 1.61 bits per heavy atom. The van der Waals surface area contributed by atoms with Crippen molar-refractivity contribution < 1.29 is 4.79 Å². The van der Waals surface area contributed by atoms with E-state index in [0.717, 1.165) is 22.0 Å². The van der Waals surface area contributed by atoms with Gasteiger partial charge in [0.1, 0.15) is 0 Å². The normalized spacial score (nSPS) is 15.3. The molecule has 0 heterocycles. The molecule has 23 heavy (non-hydrogen) atoms. The fourth-order valence-corrected chi connectivity index (χ4v) is 3.66. The molecule has 1 aliphatic rings. The summed E-state index contributed by atoms with van der Waals surface area (Å²) >= 11 is 2.27. The molecule has 2 aromatic carbocycles. The van der Waals surface area contributed by atoms with E-state index < -0.39 is 0 Å². The Morgan fingerprint density at radius 3 is 2.26 bits per heavy atom. The first-order chi connectivity index (χ1) is 11.2. The average Bonchev–Trinajstić information content (AvgIpc) is 2.61. The van der Waals surface area contributed by atoms with Gasteiger partial charge in [-0.1, -0.05) is 49.6 Å². The summed E-state index contributed by atoms with van der Waals surface area (Å²) in [6.07, 6.45) is 6.02. The highest BCUT2D eigenvalue weighted by Crippen LogP contribution is 2.26. The van der Waals surface area contributed by atoms with Gasteiger partial charge in [-0.2, -0.15) is 0 Å². The zero-order valence-corrected chi connectivity index (χ0v) is 15.4. The van der Waals surface area contributed by atoms with E-state index in [1.54, 1.807) is 0 Å². The van der Waals surface area contributed by atoms with E-state index in [1.807, 2.05) is 42.5 Å². The number of carbonyl (C=O) groups excluding carboxylic acids is 1. The summed E-state index contributed by atoms with van der Waals surface area (Å²) in [5.41, 5.74) is 2.00. The van der Waals surface area contributed by atoms with Crippen LogP contribution in [0.4, 0.5) is 0 Å². The molecule has 0 N–H and O–H groups in total. The van der Waals surface area contributed by atoms with Crippen LogP contribution in [0, 0.1) is 3.57 Å². The lowest BCUT2D eigenvalue weighted by Crippen LogP contribution is -2.41. The molecule has 0 aliphatic heterocycles. The topological polar surface area (TPSA) is 20.3 Å². The Hall–Kier alpha value is -1.36. The van der Waals surface area contributed by atoms with Crippen LogP contribution >= 0.6 is 22.6 Å². The van der Waals surface area contributed by atoms with Crippen molar-refractivity contribution in [2.45, 2.75) is 44.7 Å². The van der Waals surface area contributed by atoms with Gasteiger partial charge in [0.05, 0.1) is 0 Å². The third kappa shape index (κ3) is 4.34. The van der Waals surface area contributed by atoms with Gasteiger partial charge in [-0.3, -0.25) is 4.79 Å². The number of carbonyl (C=O) groups is 1. The summed E-state index contributed by atoms with van der Waals surface area (Å²) in [5.74, 6) is 0.164. The largest absolute Gasteiger partial charge is 0.331 e. The smallest absolute Gasteiger partial charge is 0.254 e. The van der Waals surface area contributed by atoms with Gasteiger partial charge in [-0.15, -0.1) is 0 Å². The molecule has 1 aliphatic carbocycles. The second-order valence-electron chi connectivity index (χ2n) is 6.22. The molecule has 2 nitrogen and oxygen atoms in total. The van der Waals surface area contributed by atoms with Crippen molar-refractivity contribution in [1.29, 1.82) is 0 Å². The summed E-state index contributed by atoms with van der Waals surface area (Å²) in [6.45, 7) is 0.705. The zero-order valence-electron chi connectivity index (χ0n) is 13.2. The van der Waals surface area contributed by atoms with Crippen LogP contribution in [-0.4, -0.2) is 16.8 Å². The standard InChI is InChI=1S/C20H22INO/c21-18-13-11-17(12-14-18)20(23)22(19-9-5-2-6-10-19)15-16-7-3-1-4-8-16/h1,3-4,7-8,11-14,19H,2,5-6,9-10,15H2/i21-2. The Balaban J connectivity index is 1.84. The number of hydrogen-bond donors (Lipinski definition) is 0. The molecular weight excluding hydrogens is 395 g/mol. The van der Waals surface area contributed by atoms with Crippen molar-refractivity contribution in [3.63, 3.8) is 0 Å². The molecule has 0 unspecified atom stereocenters. The molecule has 0 spiro atoms. The lowest BCUT2D eigenvalue weighted by molar-refractivity contribution is 0.0614. The molecule has 2 aromatic rings. The van der Waals surface area contributed by atoms with Gasteiger partial charge in [0.25, 0.3) is 5.91 Å². The van der Waals surface area contributed by atoms with Crippen LogP contribution in [0.15, 0.2) is 54.6 Å². The average molecular weight is 417 g/mol. The molecule has 1 saturated carbocycles. The first-order valence-corrected chi connectivity index (χ1v) is 9.42. The fraction of sp³-hybridized carbons (Fsp3) is 0.350.